The van der Waals surface area contributed by atoms with E-state index in [1.165, 1.54) is 4.68 Å². The minimum atomic E-state index is -0.351. The number of anilines is 2. The topological polar surface area (TPSA) is 78.1 Å². The van der Waals surface area contributed by atoms with Gasteiger partial charge in [0.2, 0.25) is 0 Å². The Kier molecular flexibility index (Phi) is 5.38. The molecule has 0 radical (unpaired) electrons. The van der Waals surface area contributed by atoms with Crippen molar-refractivity contribution in [3.8, 4) is 11.8 Å². The van der Waals surface area contributed by atoms with E-state index in [1.807, 2.05) is 29.2 Å². The van der Waals surface area contributed by atoms with Gasteiger partial charge in [0.15, 0.2) is 5.69 Å². The smallest absolute Gasteiger partial charge is 0.292 e. The number of para-hydroxylation sites is 1. The lowest BCUT2D eigenvalue weighted by molar-refractivity contribution is 0.643. The first-order chi connectivity index (χ1) is 14.1. The van der Waals surface area contributed by atoms with Crippen molar-refractivity contribution < 1.29 is 0 Å². The van der Waals surface area contributed by atoms with Crippen LogP contribution in [0.15, 0.2) is 53.5 Å². The zero-order chi connectivity index (χ0) is 20.4. The molecule has 1 aliphatic rings. The standard InChI is InChI=1S/C20H16Cl2N6O/c21-15-6-7-18(25-16(15)12-23)27-10-8-26(9-11-27)17-13-24-28(20(29)19(17)22)14-4-2-1-3-5-14/h1-7,13H,8-11H2. The average molecular weight is 427 g/mol. The number of aromatic nitrogens is 3. The number of pyridine rings is 1. The summed E-state index contributed by atoms with van der Waals surface area (Å²) in [6, 6.07) is 14.6. The Bertz CT molecular complexity index is 1130. The molecule has 0 aliphatic carbocycles. The van der Waals surface area contributed by atoms with Crippen LogP contribution in [0.5, 0.6) is 0 Å². The zero-order valence-electron chi connectivity index (χ0n) is 15.3. The van der Waals surface area contributed by atoms with E-state index < -0.39 is 0 Å². The number of rotatable bonds is 3. The second-order valence-corrected chi connectivity index (χ2v) is 7.27. The van der Waals surface area contributed by atoms with Gasteiger partial charge in [-0.05, 0) is 24.3 Å². The normalized spacial score (nSPS) is 14.0. The van der Waals surface area contributed by atoms with Crippen LogP contribution in [0.1, 0.15) is 5.69 Å². The molecule has 4 rings (SSSR count). The zero-order valence-corrected chi connectivity index (χ0v) is 16.8. The first kappa shape index (κ1) is 19.2. The number of nitrogens with zero attached hydrogens (tertiary/aromatic N) is 6. The van der Waals surface area contributed by atoms with Crippen LogP contribution in [0.25, 0.3) is 5.69 Å². The summed E-state index contributed by atoms with van der Waals surface area (Å²) in [6.07, 6.45) is 1.63. The van der Waals surface area contributed by atoms with E-state index in [0.29, 0.717) is 48.4 Å². The molecule has 29 heavy (non-hydrogen) atoms. The van der Waals surface area contributed by atoms with Crippen LogP contribution in [0, 0.1) is 11.3 Å². The molecule has 9 heteroatoms. The van der Waals surface area contributed by atoms with Crippen molar-refractivity contribution in [2.45, 2.75) is 0 Å². The van der Waals surface area contributed by atoms with E-state index in [4.69, 9.17) is 28.5 Å². The molecule has 0 spiro atoms. The lowest BCUT2D eigenvalue weighted by Gasteiger charge is -2.36. The number of hydrogen-bond donors (Lipinski definition) is 0. The van der Waals surface area contributed by atoms with E-state index in [-0.39, 0.29) is 16.3 Å². The van der Waals surface area contributed by atoms with Gasteiger partial charge >= 0.3 is 0 Å². The molecule has 0 N–H and O–H groups in total. The third-order valence-corrected chi connectivity index (χ3v) is 5.44. The fourth-order valence-electron chi connectivity index (χ4n) is 3.26. The van der Waals surface area contributed by atoms with Crippen molar-refractivity contribution in [2.75, 3.05) is 36.0 Å². The van der Waals surface area contributed by atoms with Crippen LogP contribution in [-0.4, -0.2) is 40.9 Å². The minimum absolute atomic E-state index is 0.147. The van der Waals surface area contributed by atoms with Crippen molar-refractivity contribution in [3.05, 3.63) is 74.8 Å². The molecule has 7 nitrogen and oxygen atoms in total. The first-order valence-corrected chi connectivity index (χ1v) is 9.74. The Morgan fingerprint density at radius 2 is 1.66 bits per heavy atom. The Labute approximate surface area is 177 Å². The number of piperazine rings is 1. The highest BCUT2D eigenvalue weighted by Crippen LogP contribution is 2.25. The summed E-state index contributed by atoms with van der Waals surface area (Å²) in [4.78, 5) is 21.1. The molecule has 0 saturated carbocycles. The largest absolute Gasteiger partial charge is 0.365 e. The maximum Gasteiger partial charge on any atom is 0.292 e. The second kappa shape index (κ2) is 8.11. The summed E-state index contributed by atoms with van der Waals surface area (Å²) in [6.45, 7) is 2.61. The van der Waals surface area contributed by atoms with E-state index in [9.17, 15) is 4.79 Å². The molecule has 0 bridgehead atoms. The molecular weight excluding hydrogens is 411 g/mol. The monoisotopic (exact) mass is 426 g/mol. The second-order valence-electron chi connectivity index (χ2n) is 6.48. The van der Waals surface area contributed by atoms with Crippen LogP contribution in [0.4, 0.5) is 11.5 Å². The molecule has 1 aliphatic heterocycles. The van der Waals surface area contributed by atoms with Gasteiger partial charge in [-0.3, -0.25) is 4.79 Å². The van der Waals surface area contributed by atoms with Crippen LogP contribution in [0.2, 0.25) is 10.0 Å². The molecule has 3 heterocycles. The van der Waals surface area contributed by atoms with Gasteiger partial charge in [0.05, 0.1) is 22.6 Å². The van der Waals surface area contributed by atoms with Crippen molar-refractivity contribution in [1.29, 1.82) is 5.26 Å². The van der Waals surface area contributed by atoms with Crippen LogP contribution >= 0.6 is 23.2 Å². The minimum Gasteiger partial charge on any atom is -0.365 e. The number of hydrogen-bond acceptors (Lipinski definition) is 6. The Morgan fingerprint density at radius 1 is 0.966 bits per heavy atom. The van der Waals surface area contributed by atoms with Gasteiger partial charge in [0.1, 0.15) is 16.9 Å². The van der Waals surface area contributed by atoms with Gasteiger partial charge in [-0.15, -0.1) is 0 Å². The van der Waals surface area contributed by atoms with Crippen LogP contribution in [-0.2, 0) is 0 Å². The van der Waals surface area contributed by atoms with Crippen molar-refractivity contribution >= 4 is 34.7 Å². The highest BCUT2D eigenvalue weighted by atomic mass is 35.5. The molecule has 1 fully saturated rings. The predicted octanol–water partition coefficient (Wildman–Crippen LogP) is 3.13. The summed E-state index contributed by atoms with van der Waals surface area (Å²) >= 11 is 12.4. The highest BCUT2D eigenvalue weighted by Gasteiger charge is 2.22. The Morgan fingerprint density at radius 3 is 2.34 bits per heavy atom. The highest BCUT2D eigenvalue weighted by molar-refractivity contribution is 6.33. The SMILES string of the molecule is N#Cc1nc(N2CCN(c3cnn(-c4ccccc4)c(=O)c3Cl)CC2)ccc1Cl. The molecule has 0 amide bonds. The van der Waals surface area contributed by atoms with E-state index in [0.717, 1.165) is 0 Å². The van der Waals surface area contributed by atoms with Gasteiger partial charge < -0.3 is 9.80 Å². The Hall–Kier alpha value is -3.08. The van der Waals surface area contributed by atoms with Gasteiger partial charge in [0, 0.05) is 26.2 Å². The first-order valence-electron chi connectivity index (χ1n) is 8.98. The van der Waals surface area contributed by atoms with Crippen molar-refractivity contribution in [3.63, 3.8) is 0 Å². The fourth-order valence-corrected chi connectivity index (χ4v) is 3.66. The summed E-state index contributed by atoms with van der Waals surface area (Å²) < 4.78 is 1.29. The summed E-state index contributed by atoms with van der Waals surface area (Å²) in [5.74, 6) is 0.703. The number of halogens is 2. The maximum atomic E-state index is 12.7. The molecule has 1 aromatic carbocycles. The number of benzene rings is 1. The molecule has 0 atom stereocenters. The van der Waals surface area contributed by atoms with E-state index >= 15 is 0 Å². The van der Waals surface area contributed by atoms with Gasteiger partial charge in [-0.1, -0.05) is 41.4 Å². The number of nitriles is 1. The summed E-state index contributed by atoms with van der Waals surface area (Å²) in [5.41, 5.74) is 1.14. The van der Waals surface area contributed by atoms with E-state index in [2.05, 4.69) is 15.0 Å². The molecule has 3 aromatic rings. The quantitative estimate of drug-likeness (QED) is 0.639. The Balaban J connectivity index is 1.53. The lowest BCUT2D eigenvalue weighted by atomic mass is 10.2. The fraction of sp³-hybridized carbons (Fsp3) is 0.200. The molecule has 1 saturated heterocycles. The third-order valence-electron chi connectivity index (χ3n) is 4.78. The summed E-state index contributed by atoms with van der Waals surface area (Å²) in [5, 5.41) is 13.9. The van der Waals surface area contributed by atoms with Crippen molar-refractivity contribution in [1.82, 2.24) is 14.8 Å². The maximum absolute atomic E-state index is 12.7. The van der Waals surface area contributed by atoms with Crippen LogP contribution < -0.4 is 15.4 Å². The van der Waals surface area contributed by atoms with Crippen molar-refractivity contribution in [2.24, 2.45) is 0 Å². The molecule has 0 unspecified atom stereocenters. The molecule has 146 valence electrons. The average Bonchev–Trinajstić information content (AvgIpc) is 2.77. The van der Waals surface area contributed by atoms with Gasteiger partial charge in [0.25, 0.3) is 5.56 Å². The summed E-state index contributed by atoms with van der Waals surface area (Å²) in [7, 11) is 0. The predicted molar refractivity (Wildman–Crippen MR) is 113 cm³/mol. The molecule has 2 aromatic heterocycles. The van der Waals surface area contributed by atoms with E-state index in [1.54, 1.807) is 30.5 Å². The van der Waals surface area contributed by atoms with Crippen LogP contribution in [0.3, 0.4) is 0 Å². The van der Waals surface area contributed by atoms with Gasteiger partial charge in [-0.2, -0.15) is 15.0 Å². The lowest BCUT2D eigenvalue weighted by Crippen LogP contribution is -2.47. The van der Waals surface area contributed by atoms with Gasteiger partial charge in [-0.25, -0.2) is 4.98 Å². The third kappa shape index (κ3) is 3.77. The molecular formula is C20H16Cl2N6O.